The van der Waals surface area contributed by atoms with Gasteiger partial charge in [-0.25, -0.2) is 0 Å². The maximum absolute atomic E-state index is 10.5. The third-order valence-electron chi connectivity index (χ3n) is 7.68. The minimum Gasteiger partial charge on any atom is -0.396 e. The lowest BCUT2D eigenvalue weighted by Crippen LogP contribution is -2.66. The zero-order valence-corrected chi connectivity index (χ0v) is 33.0. The fourth-order valence-electron chi connectivity index (χ4n) is 3.23. The summed E-state index contributed by atoms with van der Waals surface area (Å²) in [6, 6.07) is 0. The van der Waals surface area contributed by atoms with Gasteiger partial charge in [0, 0.05) is 13.0 Å². The Kier molecular flexibility index (Phi) is 36.4. The fourth-order valence-corrected chi connectivity index (χ4v) is 3.23. The molecule has 0 bridgehead atoms. The lowest BCUT2D eigenvalue weighted by Gasteiger charge is -2.38. The molecule has 0 rings (SSSR count). The summed E-state index contributed by atoms with van der Waals surface area (Å²) in [6.45, 7) is -7.41. The summed E-state index contributed by atoms with van der Waals surface area (Å²) in [7, 11) is 0. The largest absolute Gasteiger partial charge is 0.396 e. The van der Waals surface area contributed by atoms with Crippen LogP contribution in [0.1, 0.15) is 6.42 Å². The normalized spacial score (nSPS) is 17.9. The van der Waals surface area contributed by atoms with Crippen LogP contribution in [0.4, 0.5) is 0 Å². The van der Waals surface area contributed by atoms with Gasteiger partial charge in [-0.05, 0) is 0 Å². The second kappa shape index (κ2) is 33.0. The predicted molar refractivity (Wildman–Crippen MR) is 191 cm³/mol. The van der Waals surface area contributed by atoms with Crippen LogP contribution in [-0.4, -0.2) is 332 Å². The van der Waals surface area contributed by atoms with Crippen LogP contribution in [0.25, 0.3) is 0 Å². The molecule has 0 radical (unpaired) electrons. The summed E-state index contributed by atoms with van der Waals surface area (Å²) in [5.74, 6) is -19.2. The van der Waals surface area contributed by atoms with Gasteiger partial charge in [-0.3, -0.25) is 14.4 Å². The Bertz CT molecular complexity index is 1210. The van der Waals surface area contributed by atoms with Gasteiger partial charge in [0.15, 0.2) is 30.2 Å². The van der Waals surface area contributed by atoms with E-state index in [0.29, 0.717) is 0 Å². The van der Waals surface area contributed by atoms with Gasteiger partial charge < -0.3 is 158 Å². The topological polar surface area (TPSA) is 675 Å². The summed E-state index contributed by atoms with van der Waals surface area (Å²) in [4.78, 5) is 41.0. The molecule has 12 unspecified atom stereocenters. The molecule has 0 aliphatic heterocycles. The molecule has 0 aliphatic carbocycles. The van der Waals surface area contributed by atoms with Crippen molar-refractivity contribution in [2.24, 2.45) is 0 Å². The highest BCUT2D eigenvalue weighted by Crippen LogP contribution is 2.23. The van der Waals surface area contributed by atoms with Crippen molar-refractivity contribution in [2.45, 2.75) is 109 Å². The quantitative estimate of drug-likeness (QED) is 0.0298. The van der Waals surface area contributed by atoms with Crippen LogP contribution in [-0.2, 0) is 19.2 Å². The van der Waals surface area contributed by atoms with Crippen molar-refractivity contribution >= 4 is 24.1 Å². The molecule has 34 nitrogen and oxygen atoms in total. The lowest BCUT2D eigenvalue weighted by molar-refractivity contribution is -0.399. The first-order chi connectivity index (χ1) is 28.9. The van der Waals surface area contributed by atoms with E-state index in [1.165, 1.54) is 0 Å². The first-order valence-electron chi connectivity index (χ1n) is 17.2. The molecular formula is C30H62O34. The van der Waals surface area contributed by atoms with Crippen LogP contribution in [0, 0.1) is 0 Å². The number of aliphatic hydroxyl groups excluding tert-OH is 20. The van der Waals surface area contributed by atoms with Crippen molar-refractivity contribution in [3.8, 4) is 0 Å². The van der Waals surface area contributed by atoms with Gasteiger partial charge in [0.05, 0.1) is 26.4 Å². The summed E-state index contributed by atoms with van der Waals surface area (Å²) in [5, 5.41) is 261. The molecule has 0 heterocycles. The van der Waals surface area contributed by atoms with Gasteiger partial charge >= 0.3 is 0 Å². The molecule has 0 aromatic heterocycles. The zero-order chi connectivity index (χ0) is 52.4. The maximum Gasteiger partial charge on any atom is 0.279 e. The van der Waals surface area contributed by atoms with Crippen LogP contribution < -0.4 is 0 Å². The SMILES string of the molecule is O=C(CO)C(O)C(O)C(O)CO.O=C(CO)C(O)C(O)C(O)CO.O=CC(O)(O)C(O)(O)C(O)C(O)CO.O=CC(O)C(O)(O)C(O)CCO.OCC(O)C(O)C(O)(O)C(O)(O)CO. The lowest BCUT2D eigenvalue weighted by atomic mass is 9.96. The van der Waals surface area contributed by atoms with Crippen LogP contribution >= 0.6 is 0 Å². The Morgan fingerprint density at radius 3 is 1.02 bits per heavy atom. The van der Waals surface area contributed by atoms with Crippen LogP contribution in [0.5, 0.6) is 0 Å². The first-order valence-corrected chi connectivity index (χ1v) is 17.2. The number of ketones is 2. The fraction of sp³-hybridized carbons (Fsp3) is 0.867. The molecule has 0 fully saturated rings. The molecule has 0 saturated carbocycles. The molecule has 64 heavy (non-hydrogen) atoms. The Hall–Kier alpha value is -2.52. The molecule has 12 atom stereocenters. The minimum absolute atomic E-state index is 0.111. The number of aldehydes is 2. The Balaban J connectivity index is -0.000000227. The molecule has 0 aromatic rings. The van der Waals surface area contributed by atoms with Crippen molar-refractivity contribution < 1.29 is 172 Å². The number of hydrogen-bond donors (Lipinski definition) is 30. The van der Waals surface area contributed by atoms with Gasteiger partial charge in [-0.1, -0.05) is 0 Å². The molecule has 0 aromatic carbocycles. The van der Waals surface area contributed by atoms with Crippen molar-refractivity contribution in [3.63, 3.8) is 0 Å². The maximum atomic E-state index is 10.5. The molecule has 0 saturated heterocycles. The van der Waals surface area contributed by atoms with Crippen LogP contribution in [0.2, 0.25) is 0 Å². The molecule has 0 spiro atoms. The monoisotopic (exact) mass is 966 g/mol. The van der Waals surface area contributed by atoms with Crippen molar-refractivity contribution in [2.75, 3.05) is 52.9 Å². The van der Waals surface area contributed by atoms with Gasteiger partial charge in [-0.2, -0.15) is 0 Å². The average molecular weight is 967 g/mol. The molecule has 30 N–H and O–H groups in total. The van der Waals surface area contributed by atoms with Crippen molar-refractivity contribution in [1.82, 2.24) is 0 Å². The van der Waals surface area contributed by atoms with E-state index in [2.05, 4.69) is 0 Å². The standard InChI is InChI=1S/C6H14O8.C6H12O8.3C6H12O6/c2*7-1-3(9)4(10)6(13,14)5(11,12)2-8;2*7-1-3(9)5(11)6(12)4(10)2-8;7-2-1-4(9)6(11,12)5(10)3-8/h3-4,7-14H,1-2H2;2-4,7,9-14H,1H2;2*3,5-9,11-12H,1-2H2;3-5,7,9-12H,1-2H2. The highest BCUT2D eigenvalue weighted by Gasteiger charge is 2.56. The summed E-state index contributed by atoms with van der Waals surface area (Å²) >= 11 is 0. The van der Waals surface area contributed by atoms with E-state index in [0.717, 1.165) is 0 Å². The van der Waals surface area contributed by atoms with Gasteiger partial charge in [0.2, 0.25) is 17.4 Å². The van der Waals surface area contributed by atoms with E-state index in [4.69, 9.17) is 153 Å². The predicted octanol–water partition coefficient (Wildman–Crippen LogP) is -19.5. The van der Waals surface area contributed by atoms with E-state index in [9.17, 15) is 19.2 Å². The van der Waals surface area contributed by atoms with Gasteiger partial charge in [-0.15, -0.1) is 0 Å². The summed E-state index contributed by atoms with van der Waals surface area (Å²) < 4.78 is 0. The zero-order valence-electron chi connectivity index (χ0n) is 33.0. The first kappa shape index (κ1) is 70.5. The van der Waals surface area contributed by atoms with Crippen molar-refractivity contribution in [3.05, 3.63) is 0 Å². The van der Waals surface area contributed by atoms with Crippen LogP contribution in [0.15, 0.2) is 0 Å². The Labute approximate surface area is 358 Å². The Morgan fingerprint density at radius 1 is 0.469 bits per heavy atom. The van der Waals surface area contributed by atoms with Crippen LogP contribution in [0.3, 0.4) is 0 Å². The van der Waals surface area contributed by atoms with Gasteiger partial charge in [0.25, 0.3) is 11.6 Å². The number of Topliss-reactive ketones (excluding diaryl/α,β-unsaturated/α-hetero) is 2. The Morgan fingerprint density at radius 2 is 0.781 bits per heavy atom. The highest BCUT2D eigenvalue weighted by atomic mass is 16.6. The minimum atomic E-state index is -3.68. The number of aliphatic hydroxyl groups is 30. The summed E-state index contributed by atoms with van der Waals surface area (Å²) in [6.07, 6.45) is -24.4. The average Bonchev–Trinajstić information content (AvgIpc) is 3.28. The van der Waals surface area contributed by atoms with E-state index < -0.39 is 173 Å². The molecule has 34 heteroatoms. The molecule has 0 aliphatic rings. The second-order valence-electron chi connectivity index (χ2n) is 12.7. The third kappa shape index (κ3) is 22.8. The smallest absolute Gasteiger partial charge is 0.279 e. The summed E-state index contributed by atoms with van der Waals surface area (Å²) in [5.41, 5.74) is 0. The van der Waals surface area contributed by atoms with E-state index >= 15 is 0 Å². The molecule has 0 amide bonds. The molecular weight excluding hydrogens is 904 g/mol. The van der Waals surface area contributed by atoms with E-state index in [1.807, 2.05) is 0 Å². The second-order valence-corrected chi connectivity index (χ2v) is 12.7. The highest BCUT2D eigenvalue weighted by molar-refractivity contribution is 5.84. The third-order valence-corrected chi connectivity index (χ3v) is 7.68. The van der Waals surface area contributed by atoms with E-state index in [-0.39, 0.29) is 12.7 Å². The number of carbonyl (C=O) groups is 4. The van der Waals surface area contributed by atoms with E-state index in [1.54, 1.807) is 0 Å². The molecule has 386 valence electrons. The van der Waals surface area contributed by atoms with Gasteiger partial charge in [0.1, 0.15) is 87.0 Å². The number of rotatable bonds is 25. The number of carbonyl (C=O) groups excluding carboxylic acids is 4. The number of hydrogen-bond acceptors (Lipinski definition) is 34. The van der Waals surface area contributed by atoms with Crippen molar-refractivity contribution in [1.29, 1.82) is 0 Å².